The van der Waals surface area contributed by atoms with Gasteiger partial charge in [0, 0.05) is 10.6 Å². The number of halogens is 3. The Morgan fingerprint density at radius 2 is 1.73 bits per heavy atom. The Morgan fingerprint density at radius 3 is 2.39 bits per heavy atom. The summed E-state index contributed by atoms with van der Waals surface area (Å²) in [6.07, 6.45) is 0. The van der Waals surface area contributed by atoms with Crippen LogP contribution in [0, 0.1) is 5.82 Å². The summed E-state index contributed by atoms with van der Waals surface area (Å²) in [6.45, 7) is 3.59. The van der Waals surface area contributed by atoms with Crippen molar-refractivity contribution in [2.45, 2.75) is 19.4 Å². The van der Waals surface area contributed by atoms with E-state index in [9.17, 15) is 14.3 Å². The Kier molecular flexibility index (Phi) is 4.96. The zero-order chi connectivity index (χ0) is 23.5. The molecule has 0 radical (unpaired) electrons. The number of hydrogen-bond donors (Lipinski definition) is 1. The number of ether oxygens (including phenoxy) is 1. The monoisotopic (exact) mass is 482 g/mol. The van der Waals surface area contributed by atoms with E-state index < -0.39 is 11.6 Å². The minimum atomic E-state index is -1.17. The van der Waals surface area contributed by atoms with Crippen LogP contribution in [0.5, 0.6) is 5.75 Å². The smallest absolute Gasteiger partial charge is 0.356 e. The molecule has 3 aromatic carbocycles. The normalized spacial score (nSPS) is 13.7. The van der Waals surface area contributed by atoms with Crippen molar-refractivity contribution >= 4 is 29.2 Å². The summed E-state index contributed by atoms with van der Waals surface area (Å²) in [5.41, 5.74) is 2.74. The van der Waals surface area contributed by atoms with E-state index in [1.807, 2.05) is 18.2 Å². The highest BCUT2D eigenvalue weighted by Gasteiger charge is 2.41. The molecule has 5 nitrogen and oxygen atoms in total. The number of carboxylic acids is 1. The molecule has 1 aromatic heterocycles. The number of fused-ring (bicyclic) bond motifs is 3. The number of carbonyl (C=O) groups is 1. The summed E-state index contributed by atoms with van der Waals surface area (Å²) >= 11 is 12.5. The average molecular weight is 483 g/mol. The van der Waals surface area contributed by atoms with Crippen LogP contribution < -0.4 is 4.74 Å². The van der Waals surface area contributed by atoms with Gasteiger partial charge in [0.1, 0.15) is 17.2 Å². The summed E-state index contributed by atoms with van der Waals surface area (Å²) in [5, 5.41) is 15.1. The minimum absolute atomic E-state index is 0.116. The lowest BCUT2D eigenvalue weighted by molar-refractivity contribution is 0.0665. The topological polar surface area (TPSA) is 64.3 Å². The summed E-state index contributed by atoms with van der Waals surface area (Å²) < 4.78 is 21.2. The van der Waals surface area contributed by atoms with E-state index in [1.54, 1.807) is 44.2 Å². The molecule has 0 aliphatic carbocycles. The van der Waals surface area contributed by atoms with E-state index >= 15 is 0 Å². The van der Waals surface area contributed by atoms with Crippen LogP contribution in [0.15, 0.2) is 60.7 Å². The predicted octanol–water partition coefficient (Wildman–Crippen LogP) is 6.98. The standard InChI is InChI=1S/C25H17Cl2FN2O3/c1-25(2)21-22(24(31)32)29-30(19-10-6-15(26)12-18(19)27)23(21)17-9-5-14(11-20(17)33-25)13-3-7-16(28)8-4-13/h3-12H,1-2H3,(H,31,32). The Labute approximate surface area is 199 Å². The third-order valence-corrected chi connectivity index (χ3v) is 6.15. The van der Waals surface area contributed by atoms with Gasteiger partial charge in [0.2, 0.25) is 0 Å². The number of rotatable bonds is 3. The molecule has 1 N–H and O–H groups in total. The maximum atomic E-state index is 13.4. The second-order valence-corrected chi connectivity index (χ2v) is 9.06. The first-order valence-electron chi connectivity index (χ1n) is 10.1. The molecule has 0 fully saturated rings. The minimum Gasteiger partial charge on any atom is -0.482 e. The maximum Gasteiger partial charge on any atom is 0.356 e. The Morgan fingerprint density at radius 1 is 1.03 bits per heavy atom. The highest BCUT2D eigenvalue weighted by atomic mass is 35.5. The fourth-order valence-corrected chi connectivity index (χ4v) is 4.65. The highest BCUT2D eigenvalue weighted by Crippen LogP contribution is 2.49. The molecule has 0 amide bonds. The van der Waals surface area contributed by atoms with Crippen LogP contribution in [0.4, 0.5) is 4.39 Å². The number of aromatic nitrogens is 2. The first kappa shape index (κ1) is 21.5. The number of aromatic carboxylic acids is 1. The van der Waals surface area contributed by atoms with Crippen molar-refractivity contribution in [1.82, 2.24) is 9.78 Å². The molecule has 4 aromatic rings. The van der Waals surface area contributed by atoms with Gasteiger partial charge in [-0.15, -0.1) is 0 Å². The van der Waals surface area contributed by atoms with Gasteiger partial charge >= 0.3 is 5.97 Å². The third-order valence-electron chi connectivity index (χ3n) is 5.61. The molecule has 2 heterocycles. The van der Waals surface area contributed by atoms with Crippen molar-refractivity contribution in [3.05, 3.63) is 87.8 Å². The fourth-order valence-electron chi connectivity index (χ4n) is 4.16. The van der Waals surface area contributed by atoms with Gasteiger partial charge in [0.05, 0.1) is 22.0 Å². The van der Waals surface area contributed by atoms with Crippen LogP contribution in [0.25, 0.3) is 28.1 Å². The quantitative estimate of drug-likeness (QED) is 0.342. The zero-order valence-electron chi connectivity index (χ0n) is 17.6. The summed E-state index contributed by atoms with van der Waals surface area (Å²) in [5.74, 6) is -0.931. The Hall–Kier alpha value is -3.35. The first-order chi connectivity index (χ1) is 15.7. The summed E-state index contributed by atoms with van der Waals surface area (Å²) in [6, 6.07) is 16.7. The molecule has 0 spiro atoms. The number of benzene rings is 3. The zero-order valence-corrected chi connectivity index (χ0v) is 19.1. The van der Waals surface area contributed by atoms with Gasteiger partial charge in [-0.05, 0) is 67.4 Å². The molecule has 5 rings (SSSR count). The highest BCUT2D eigenvalue weighted by molar-refractivity contribution is 6.35. The van der Waals surface area contributed by atoms with Gasteiger partial charge in [0.15, 0.2) is 5.69 Å². The first-order valence-corrected chi connectivity index (χ1v) is 10.8. The molecule has 0 atom stereocenters. The van der Waals surface area contributed by atoms with Crippen LogP contribution in [-0.2, 0) is 5.60 Å². The van der Waals surface area contributed by atoms with Gasteiger partial charge < -0.3 is 9.84 Å². The van der Waals surface area contributed by atoms with Gasteiger partial charge in [-0.2, -0.15) is 5.10 Å². The van der Waals surface area contributed by atoms with Gasteiger partial charge in [-0.3, -0.25) is 0 Å². The molecule has 0 bridgehead atoms. The summed E-state index contributed by atoms with van der Waals surface area (Å²) in [4.78, 5) is 12.1. The van der Waals surface area contributed by atoms with Crippen molar-refractivity contribution in [2.24, 2.45) is 0 Å². The molecule has 1 aliphatic rings. The SMILES string of the molecule is CC1(C)Oc2cc(-c3ccc(F)cc3)ccc2-c2c1c(C(=O)O)nn2-c1ccc(Cl)cc1Cl. The Bertz CT molecular complexity index is 1430. The van der Waals surface area contributed by atoms with E-state index in [1.165, 1.54) is 16.8 Å². The summed E-state index contributed by atoms with van der Waals surface area (Å²) in [7, 11) is 0. The molecular formula is C25H17Cl2FN2O3. The van der Waals surface area contributed by atoms with Crippen LogP contribution in [-0.4, -0.2) is 20.9 Å². The second-order valence-electron chi connectivity index (χ2n) is 8.22. The van der Waals surface area contributed by atoms with Crippen molar-refractivity contribution in [3.8, 4) is 33.8 Å². The van der Waals surface area contributed by atoms with E-state index in [0.29, 0.717) is 38.3 Å². The van der Waals surface area contributed by atoms with E-state index in [0.717, 1.165) is 11.1 Å². The lowest BCUT2D eigenvalue weighted by Crippen LogP contribution is -2.31. The number of hydrogen-bond acceptors (Lipinski definition) is 3. The van der Waals surface area contributed by atoms with E-state index in [4.69, 9.17) is 27.9 Å². The Balaban J connectivity index is 1.78. The van der Waals surface area contributed by atoms with Crippen LogP contribution in [0.3, 0.4) is 0 Å². The third kappa shape index (κ3) is 3.56. The van der Waals surface area contributed by atoms with Gasteiger partial charge in [-0.1, -0.05) is 41.4 Å². The average Bonchev–Trinajstić information content (AvgIpc) is 3.16. The lowest BCUT2D eigenvalue weighted by Gasteiger charge is -2.33. The fraction of sp³-hybridized carbons (Fsp3) is 0.120. The predicted molar refractivity (Wildman–Crippen MR) is 125 cm³/mol. The van der Waals surface area contributed by atoms with Crippen molar-refractivity contribution in [2.75, 3.05) is 0 Å². The molecule has 166 valence electrons. The second kappa shape index (κ2) is 7.61. The number of nitrogens with zero attached hydrogens (tertiary/aromatic N) is 2. The van der Waals surface area contributed by atoms with Crippen LogP contribution in [0.2, 0.25) is 10.0 Å². The van der Waals surface area contributed by atoms with Crippen molar-refractivity contribution < 1.29 is 19.0 Å². The van der Waals surface area contributed by atoms with Gasteiger partial charge in [-0.25, -0.2) is 13.9 Å². The van der Waals surface area contributed by atoms with Crippen molar-refractivity contribution in [1.29, 1.82) is 0 Å². The molecule has 1 aliphatic heterocycles. The van der Waals surface area contributed by atoms with Gasteiger partial charge in [0.25, 0.3) is 0 Å². The molecular weight excluding hydrogens is 466 g/mol. The molecule has 0 saturated heterocycles. The van der Waals surface area contributed by atoms with Crippen LogP contribution >= 0.6 is 23.2 Å². The molecule has 0 unspecified atom stereocenters. The van der Waals surface area contributed by atoms with Crippen molar-refractivity contribution in [3.63, 3.8) is 0 Å². The molecule has 8 heteroatoms. The largest absolute Gasteiger partial charge is 0.482 e. The maximum absolute atomic E-state index is 13.4. The molecule has 0 saturated carbocycles. The molecule has 33 heavy (non-hydrogen) atoms. The number of carboxylic acid groups (broad SMARTS) is 1. The lowest BCUT2D eigenvalue weighted by atomic mass is 9.88. The van der Waals surface area contributed by atoms with E-state index in [-0.39, 0.29) is 11.5 Å². The van der Waals surface area contributed by atoms with Crippen LogP contribution in [0.1, 0.15) is 29.9 Å². The van der Waals surface area contributed by atoms with E-state index in [2.05, 4.69) is 5.10 Å².